The Kier molecular flexibility index (Phi) is 6.02. The predicted molar refractivity (Wildman–Crippen MR) is 109 cm³/mol. The van der Waals surface area contributed by atoms with Crippen molar-refractivity contribution in [2.75, 3.05) is 18.0 Å². The Hall–Kier alpha value is -1.81. The average Bonchev–Trinajstić information content (AvgIpc) is 3.00. The Morgan fingerprint density at radius 2 is 2.04 bits per heavy atom. The number of aryl methyl sites for hydroxylation is 1. The van der Waals surface area contributed by atoms with E-state index >= 15 is 0 Å². The van der Waals surface area contributed by atoms with Crippen LogP contribution in [0.15, 0.2) is 30.6 Å². The van der Waals surface area contributed by atoms with Gasteiger partial charge in [0.2, 0.25) is 0 Å². The van der Waals surface area contributed by atoms with E-state index in [4.69, 9.17) is 4.74 Å². The van der Waals surface area contributed by atoms with Gasteiger partial charge in [-0.25, -0.2) is 0 Å². The maximum absolute atomic E-state index is 6.21. The van der Waals surface area contributed by atoms with Gasteiger partial charge in [0.15, 0.2) is 0 Å². The zero-order chi connectivity index (χ0) is 18.7. The van der Waals surface area contributed by atoms with E-state index in [0.717, 1.165) is 19.5 Å². The molecule has 2 aromatic rings. The number of nitrogens with zero attached hydrogens (tertiary/aromatic N) is 3. The van der Waals surface area contributed by atoms with Crippen LogP contribution in [0.3, 0.4) is 0 Å². The van der Waals surface area contributed by atoms with Gasteiger partial charge in [-0.15, -0.1) is 0 Å². The molecule has 1 aliphatic rings. The van der Waals surface area contributed by atoms with Crippen molar-refractivity contribution in [3.63, 3.8) is 0 Å². The molecule has 4 nitrogen and oxygen atoms in total. The Labute approximate surface area is 158 Å². The van der Waals surface area contributed by atoms with Crippen LogP contribution in [0.4, 0.5) is 5.69 Å². The highest BCUT2D eigenvalue weighted by molar-refractivity contribution is 5.69. The molecule has 142 valence electrons. The molecule has 0 fully saturated rings. The minimum atomic E-state index is 0.262. The van der Waals surface area contributed by atoms with Crippen molar-refractivity contribution in [3.8, 4) is 11.1 Å². The van der Waals surface area contributed by atoms with E-state index in [1.165, 1.54) is 35.2 Å². The summed E-state index contributed by atoms with van der Waals surface area (Å²) in [6.07, 6.45) is 8.04. The lowest BCUT2D eigenvalue weighted by molar-refractivity contribution is 0.0101. The summed E-state index contributed by atoms with van der Waals surface area (Å²) in [6.45, 7) is 11.0. The number of hydrogen-bond acceptors (Lipinski definition) is 3. The van der Waals surface area contributed by atoms with Crippen molar-refractivity contribution < 1.29 is 4.74 Å². The van der Waals surface area contributed by atoms with Crippen LogP contribution in [0, 0.1) is 5.92 Å². The lowest BCUT2D eigenvalue weighted by Gasteiger charge is -2.38. The van der Waals surface area contributed by atoms with E-state index in [0.29, 0.717) is 5.92 Å². The van der Waals surface area contributed by atoms with Gasteiger partial charge in [0.05, 0.1) is 18.4 Å². The zero-order valence-electron chi connectivity index (χ0n) is 16.9. The van der Waals surface area contributed by atoms with Gasteiger partial charge in [-0.1, -0.05) is 26.3 Å². The van der Waals surface area contributed by atoms with Crippen LogP contribution in [0.25, 0.3) is 11.1 Å². The van der Waals surface area contributed by atoms with Gasteiger partial charge in [-0.2, -0.15) is 5.10 Å². The normalized spacial score (nSPS) is 18.2. The molecule has 2 atom stereocenters. The summed E-state index contributed by atoms with van der Waals surface area (Å²) in [4.78, 5) is 2.54. The van der Waals surface area contributed by atoms with Crippen LogP contribution < -0.4 is 4.90 Å². The lowest BCUT2D eigenvalue weighted by Crippen LogP contribution is -2.43. The second-order valence-electron chi connectivity index (χ2n) is 8.06. The number of rotatable bonds is 7. The van der Waals surface area contributed by atoms with E-state index in [2.05, 4.69) is 62.1 Å². The van der Waals surface area contributed by atoms with Gasteiger partial charge in [-0.05, 0) is 49.4 Å². The summed E-state index contributed by atoms with van der Waals surface area (Å²) in [5, 5.41) is 4.32. The van der Waals surface area contributed by atoms with E-state index in [9.17, 15) is 0 Å². The summed E-state index contributed by atoms with van der Waals surface area (Å²) < 4.78 is 8.07. The maximum atomic E-state index is 6.21. The summed E-state index contributed by atoms with van der Waals surface area (Å²) in [5.74, 6) is 0.698. The quantitative estimate of drug-likeness (QED) is 0.722. The average molecular weight is 356 g/mol. The Balaban J connectivity index is 1.88. The number of aromatic nitrogens is 2. The topological polar surface area (TPSA) is 30.3 Å². The van der Waals surface area contributed by atoms with Crippen LogP contribution >= 0.6 is 0 Å². The van der Waals surface area contributed by atoms with Gasteiger partial charge in [0.25, 0.3) is 0 Å². The van der Waals surface area contributed by atoms with Crippen molar-refractivity contribution in [2.24, 2.45) is 13.0 Å². The van der Waals surface area contributed by atoms with E-state index in [1.807, 2.05) is 17.9 Å². The molecule has 4 heteroatoms. The van der Waals surface area contributed by atoms with Crippen molar-refractivity contribution in [1.29, 1.82) is 0 Å². The molecule has 0 radical (unpaired) electrons. The van der Waals surface area contributed by atoms with Gasteiger partial charge in [0, 0.05) is 44.0 Å². The fourth-order valence-corrected chi connectivity index (χ4v) is 4.07. The second-order valence-corrected chi connectivity index (χ2v) is 8.06. The van der Waals surface area contributed by atoms with Gasteiger partial charge >= 0.3 is 0 Å². The van der Waals surface area contributed by atoms with Crippen molar-refractivity contribution in [1.82, 2.24) is 9.78 Å². The smallest absolute Gasteiger partial charge is 0.0794 e. The van der Waals surface area contributed by atoms with Crippen LogP contribution in [0.1, 0.15) is 46.1 Å². The number of benzene rings is 1. The minimum Gasteiger partial charge on any atom is -0.373 e. The Morgan fingerprint density at radius 3 is 2.69 bits per heavy atom. The van der Waals surface area contributed by atoms with Crippen LogP contribution in [0.2, 0.25) is 0 Å². The van der Waals surface area contributed by atoms with E-state index < -0.39 is 0 Å². The molecule has 0 bridgehead atoms. The molecule has 0 spiro atoms. The number of fused-ring (bicyclic) bond motifs is 1. The highest BCUT2D eigenvalue weighted by Gasteiger charge is 2.27. The molecule has 2 heterocycles. The molecule has 0 amide bonds. The summed E-state index contributed by atoms with van der Waals surface area (Å²) in [5.41, 5.74) is 5.19. The molecule has 26 heavy (non-hydrogen) atoms. The SMILES string of the molecule is CCCC(C)CN1CC(OC(C)C)Cc2cc(-c3cnn(C)c3)ccc21. The molecule has 0 saturated heterocycles. The Morgan fingerprint density at radius 1 is 1.23 bits per heavy atom. The fourth-order valence-electron chi connectivity index (χ4n) is 4.07. The van der Waals surface area contributed by atoms with Crippen molar-refractivity contribution >= 4 is 5.69 Å². The highest BCUT2D eigenvalue weighted by atomic mass is 16.5. The minimum absolute atomic E-state index is 0.262. The number of hydrogen-bond donors (Lipinski definition) is 0. The predicted octanol–water partition coefficient (Wildman–Crippen LogP) is 4.68. The summed E-state index contributed by atoms with van der Waals surface area (Å²) >= 11 is 0. The third-order valence-electron chi connectivity index (χ3n) is 5.11. The van der Waals surface area contributed by atoms with Gasteiger partial charge < -0.3 is 9.64 Å². The highest BCUT2D eigenvalue weighted by Crippen LogP contribution is 2.33. The van der Waals surface area contributed by atoms with E-state index in [-0.39, 0.29) is 12.2 Å². The molecule has 3 rings (SSSR count). The number of anilines is 1. The maximum Gasteiger partial charge on any atom is 0.0794 e. The molecule has 1 aromatic carbocycles. The molecule has 1 aliphatic heterocycles. The zero-order valence-corrected chi connectivity index (χ0v) is 16.9. The van der Waals surface area contributed by atoms with E-state index in [1.54, 1.807) is 0 Å². The molecule has 0 N–H and O–H groups in total. The first-order valence-electron chi connectivity index (χ1n) is 9.98. The lowest BCUT2D eigenvalue weighted by atomic mass is 9.94. The third kappa shape index (κ3) is 4.47. The Bertz CT molecular complexity index is 722. The molecule has 0 saturated carbocycles. The second kappa shape index (κ2) is 8.26. The van der Waals surface area contributed by atoms with Gasteiger partial charge in [0.1, 0.15) is 0 Å². The van der Waals surface area contributed by atoms with Crippen LogP contribution in [-0.4, -0.2) is 35.1 Å². The van der Waals surface area contributed by atoms with Crippen LogP contribution in [0.5, 0.6) is 0 Å². The first-order chi connectivity index (χ1) is 12.5. The van der Waals surface area contributed by atoms with Crippen molar-refractivity contribution in [2.45, 2.75) is 59.2 Å². The largest absolute Gasteiger partial charge is 0.373 e. The van der Waals surface area contributed by atoms with Crippen LogP contribution in [-0.2, 0) is 18.2 Å². The number of ether oxygens (including phenoxy) is 1. The summed E-state index contributed by atoms with van der Waals surface area (Å²) in [6, 6.07) is 6.86. The molecular formula is C22H33N3O. The molecular weight excluding hydrogens is 322 g/mol. The first-order valence-corrected chi connectivity index (χ1v) is 9.98. The fraction of sp³-hybridized carbons (Fsp3) is 0.591. The molecule has 0 aliphatic carbocycles. The summed E-state index contributed by atoms with van der Waals surface area (Å²) in [7, 11) is 1.96. The molecule has 2 unspecified atom stereocenters. The first kappa shape index (κ1) is 19.0. The third-order valence-corrected chi connectivity index (χ3v) is 5.11. The standard InChI is InChI=1S/C22H33N3O/c1-6-7-17(4)13-25-15-21(26-16(2)3)11-19-10-18(8-9-22(19)25)20-12-23-24(5)14-20/h8-10,12,14,16-17,21H,6-7,11,13,15H2,1-5H3. The molecule has 1 aromatic heterocycles. The monoisotopic (exact) mass is 355 g/mol. The van der Waals surface area contributed by atoms with Gasteiger partial charge in [-0.3, -0.25) is 4.68 Å². The van der Waals surface area contributed by atoms with Crippen molar-refractivity contribution in [3.05, 3.63) is 36.2 Å².